The van der Waals surface area contributed by atoms with Gasteiger partial charge in [-0.25, -0.2) is 14.5 Å². The first-order valence-electron chi connectivity index (χ1n) is 11.1. The van der Waals surface area contributed by atoms with Crippen molar-refractivity contribution < 1.29 is 19.1 Å². The fourth-order valence-electron chi connectivity index (χ4n) is 4.04. The number of aromatic nitrogens is 3. The van der Waals surface area contributed by atoms with Gasteiger partial charge >= 0.3 is 5.97 Å². The predicted molar refractivity (Wildman–Crippen MR) is 129 cm³/mol. The maximum atomic E-state index is 13.0. The van der Waals surface area contributed by atoms with E-state index < -0.39 is 5.97 Å². The topological polar surface area (TPSA) is 94.4 Å². The maximum Gasteiger partial charge on any atom is 0.339 e. The van der Waals surface area contributed by atoms with Gasteiger partial charge in [0.2, 0.25) is 5.91 Å². The van der Waals surface area contributed by atoms with Crippen LogP contribution in [-0.4, -0.2) is 45.6 Å². The number of aryl methyl sites for hydroxylation is 1. The van der Waals surface area contributed by atoms with Gasteiger partial charge < -0.3 is 9.64 Å². The molecule has 0 N–H and O–H groups in total. The lowest BCUT2D eigenvalue weighted by molar-refractivity contribution is -0.117. The highest BCUT2D eigenvalue weighted by atomic mass is 32.1. The number of hydrogen-bond donors (Lipinski definition) is 0. The molecule has 3 aromatic heterocycles. The highest BCUT2D eigenvalue weighted by Gasteiger charge is 2.22. The Bertz CT molecular complexity index is 1380. The third kappa shape index (κ3) is 4.10. The fraction of sp³-hybridized carbons (Fsp3) is 0.240. The number of anilines is 1. The van der Waals surface area contributed by atoms with Crippen LogP contribution in [-0.2, 0) is 16.1 Å². The zero-order valence-electron chi connectivity index (χ0n) is 18.6. The van der Waals surface area contributed by atoms with Crippen molar-refractivity contribution in [1.29, 1.82) is 0 Å². The summed E-state index contributed by atoms with van der Waals surface area (Å²) >= 11 is 1.52. The number of thiophene rings is 1. The first kappa shape index (κ1) is 22.0. The van der Waals surface area contributed by atoms with Crippen LogP contribution in [0.5, 0.6) is 0 Å². The maximum absolute atomic E-state index is 13.0. The Labute approximate surface area is 199 Å². The number of carbonyl (C=O) groups is 3. The van der Waals surface area contributed by atoms with Crippen molar-refractivity contribution >= 4 is 45.7 Å². The van der Waals surface area contributed by atoms with Crippen LogP contribution in [0, 0.1) is 0 Å². The smallest absolute Gasteiger partial charge is 0.339 e. The number of hydrogen-bond acceptors (Lipinski definition) is 7. The van der Waals surface area contributed by atoms with Gasteiger partial charge in [-0.2, -0.15) is 5.10 Å². The van der Waals surface area contributed by atoms with E-state index >= 15 is 0 Å². The summed E-state index contributed by atoms with van der Waals surface area (Å²) in [6, 6.07) is 12.3. The molecule has 1 fully saturated rings. The van der Waals surface area contributed by atoms with E-state index in [9.17, 15) is 14.4 Å². The molecule has 0 spiro atoms. The quantitative estimate of drug-likeness (QED) is 0.292. The molecular weight excluding hydrogens is 452 g/mol. The number of ketones is 1. The van der Waals surface area contributed by atoms with E-state index in [-0.39, 0.29) is 18.3 Å². The van der Waals surface area contributed by atoms with Crippen molar-refractivity contribution in [3.05, 3.63) is 65.2 Å². The van der Waals surface area contributed by atoms with Crippen LogP contribution in [0.1, 0.15) is 40.5 Å². The van der Waals surface area contributed by atoms with Gasteiger partial charge in [0.25, 0.3) is 0 Å². The van der Waals surface area contributed by atoms with Crippen molar-refractivity contribution in [2.45, 2.75) is 26.3 Å². The Hall–Kier alpha value is -3.85. The fourth-order valence-corrected chi connectivity index (χ4v) is 4.73. The number of fused-ring (bicyclic) bond motifs is 1. The SMILES string of the molecule is CCn1ncc2c(C(=O)OCC(=O)c3ccc(N4CCCC4=O)cc3)cc(-c3cccs3)nc21. The molecule has 1 aromatic carbocycles. The number of Topliss-reactive ketones (excluding diaryl/α,β-unsaturated/α-hetero) is 1. The standard InChI is InChI=1S/C25H22N4O4S/c1-2-29-24-19(14-26-29)18(13-20(27-24)22-5-4-12-34-22)25(32)33-15-21(30)16-7-9-17(10-8-16)28-11-3-6-23(28)31/h4-5,7-10,12-14H,2-3,6,11,15H2,1H3. The van der Waals surface area contributed by atoms with Gasteiger partial charge in [-0.15, -0.1) is 11.3 Å². The van der Waals surface area contributed by atoms with Crippen LogP contribution in [0.3, 0.4) is 0 Å². The van der Waals surface area contributed by atoms with E-state index in [1.807, 2.05) is 24.4 Å². The summed E-state index contributed by atoms with van der Waals surface area (Å²) in [6.45, 7) is 2.86. The molecule has 1 saturated heterocycles. The molecule has 0 aliphatic carbocycles. The van der Waals surface area contributed by atoms with Crippen LogP contribution < -0.4 is 4.90 Å². The second kappa shape index (κ2) is 9.18. The average Bonchev–Trinajstić information content (AvgIpc) is 3.62. The normalized spacial score (nSPS) is 13.6. The number of ether oxygens (including phenoxy) is 1. The Morgan fingerprint density at radius 3 is 2.68 bits per heavy atom. The van der Waals surface area contributed by atoms with Gasteiger partial charge in [-0.1, -0.05) is 6.07 Å². The van der Waals surface area contributed by atoms with Crippen molar-refractivity contribution in [3.8, 4) is 10.6 Å². The monoisotopic (exact) mass is 474 g/mol. The van der Waals surface area contributed by atoms with E-state index in [2.05, 4.69) is 10.1 Å². The van der Waals surface area contributed by atoms with Crippen LogP contribution in [0.15, 0.2) is 54.0 Å². The summed E-state index contributed by atoms with van der Waals surface area (Å²) in [6.07, 6.45) is 2.98. The second-order valence-corrected chi connectivity index (χ2v) is 8.87. The average molecular weight is 475 g/mol. The molecule has 1 amide bonds. The van der Waals surface area contributed by atoms with Crippen molar-refractivity contribution in [2.24, 2.45) is 0 Å². The van der Waals surface area contributed by atoms with E-state index in [4.69, 9.17) is 4.74 Å². The molecule has 0 atom stereocenters. The molecule has 0 saturated carbocycles. The Kier molecular flexibility index (Phi) is 5.93. The summed E-state index contributed by atoms with van der Waals surface area (Å²) in [7, 11) is 0. The molecule has 4 heterocycles. The van der Waals surface area contributed by atoms with Gasteiger partial charge in [0.05, 0.1) is 27.7 Å². The molecule has 0 radical (unpaired) electrons. The van der Waals surface area contributed by atoms with Crippen molar-refractivity contribution in [3.63, 3.8) is 0 Å². The van der Waals surface area contributed by atoms with Crippen LogP contribution in [0.2, 0.25) is 0 Å². The minimum atomic E-state index is -0.603. The molecule has 8 nitrogen and oxygen atoms in total. The van der Waals surface area contributed by atoms with Crippen molar-refractivity contribution in [2.75, 3.05) is 18.1 Å². The van der Waals surface area contributed by atoms with Crippen LogP contribution in [0.4, 0.5) is 5.69 Å². The number of amides is 1. The number of benzene rings is 1. The summed E-state index contributed by atoms with van der Waals surface area (Å²) in [5, 5.41) is 6.85. The highest BCUT2D eigenvalue weighted by Crippen LogP contribution is 2.28. The van der Waals surface area contributed by atoms with Gasteiger partial charge in [-0.05, 0) is 55.1 Å². The lowest BCUT2D eigenvalue weighted by atomic mass is 10.1. The molecule has 5 rings (SSSR count). The molecule has 9 heteroatoms. The molecule has 1 aliphatic rings. The van der Waals surface area contributed by atoms with E-state index in [0.717, 1.165) is 17.0 Å². The van der Waals surface area contributed by atoms with E-state index in [1.54, 1.807) is 46.1 Å². The zero-order valence-corrected chi connectivity index (χ0v) is 19.4. The lowest BCUT2D eigenvalue weighted by Gasteiger charge is -2.15. The number of carbonyl (C=O) groups excluding carboxylic acids is 3. The van der Waals surface area contributed by atoms with Gasteiger partial charge in [0.1, 0.15) is 0 Å². The number of esters is 1. The predicted octanol–water partition coefficient (Wildman–Crippen LogP) is 4.35. The van der Waals surface area contributed by atoms with Crippen LogP contribution in [0.25, 0.3) is 21.6 Å². The summed E-state index contributed by atoms with van der Waals surface area (Å²) in [4.78, 5) is 44.9. The molecule has 34 heavy (non-hydrogen) atoms. The van der Waals surface area contributed by atoms with Gasteiger partial charge in [0, 0.05) is 30.8 Å². The molecule has 1 aliphatic heterocycles. The van der Waals surface area contributed by atoms with E-state index in [1.165, 1.54) is 11.3 Å². The highest BCUT2D eigenvalue weighted by molar-refractivity contribution is 7.13. The van der Waals surface area contributed by atoms with Gasteiger partial charge in [-0.3, -0.25) is 9.59 Å². The summed E-state index contributed by atoms with van der Waals surface area (Å²) < 4.78 is 7.12. The molecule has 172 valence electrons. The molecule has 0 unspecified atom stereocenters. The molecule has 4 aromatic rings. The minimum absolute atomic E-state index is 0.0879. The third-order valence-corrected chi connectivity index (χ3v) is 6.70. The summed E-state index contributed by atoms with van der Waals surface area (Å²) in [5.41, 5.74) is 2.76. The lowest BCUT2D eigenvalue weighted by Crippen LogP contribution is -2.23. The largest absolute Gasteiger partial charge is 0.454 e. The minimum Gasteiger partial charge on any atom is -0.454 e. The Morgan fingerprint density at radius 1 is 1.18 bits per heavy atom. The molecule has 0 bridgehead atoms. The number of nitrogens with zero attached hydrogens (tertiary/aromatic N) is 4. The molecular formula is C25H22N4O4S. The number of pyridine rings is 1. The van der Waals surface area contributed by atoms with Gasteiger partial charge in [0.15, 0.2) is 18.0 Å². The summed E-state index contributed by atoms with van der Waals surface area (Å²) in [5.74, 6) is -0.834. The van der Waals surface area contributed by atoms with Crippen molar-refractivity contribution in [1.82, 2.24) is 14.8 Å². The first-order chi connectivity index (χ1) is 16.5. The first-order valence-corrected chi connectivity index (χ1v) is 11.9. The second-order valence-electron chi connectivity index (χ2n) is 7.93. The van der Waals surface area contributed by atoms with E-state index in [0.29, 0.717) is 47.4 Å². The number of rotatable bonds is 7. The Balaban J connectivity index is 1.34. The zero-order chi connectivity index (χ0) is 23.7. The Morgan fingerprint density at radius 2 is 2.00 bits per heavy atom. The van der Waals surface area contributed by atoms with Crippen LogP contribution >= 0.6 is 11.3 Å². The third-order valence-electron chi connectivity index (χ3n) is 5.81.